The van der Waals surface area contributed by atoms with E-state index in [4.69, 9.17) is 4.74 Å². The number of carbonyl (C=O) groups is 1. The predicted molar refractivity (Wildman–Crippen MR) is 137 cm³/mol. The third-order valence-corrected chi connectivity index (χ3v) is 5.47. The van der Waals surface area contributed by atoms with Crippen molar-refractivity contribution in [3.05, 3.63) is 132 Å². The molecular formula is C30H23N3O2. The van der Waals surface area contributed by atoms with Gasteiger partial charge in [-0.25, -0.2) is 0 Å². The Morgan fingerprint density at radius 3 is 1.71 bits per heavy atom. The fourth-order valence-corrected chi connectivity index (χ4v) is 3.64. The van der Waals surface area contributed by atoms with Crippen molar-refractivity contribution in [2.75, 3.05) is 0 Å². The van der Waals surface area contributed by atoms with E-state index in [0.29, 0.717) is 17.9 Å². The smallest absolute Gasteiger partial charge is 0.323 e. The van der Waals surface area contributed by atoms with Gasteiger partial charge in [0.15, 0.2) is 0 Å². The van der Waals surface area contributed by atoms with Gasteiger partial charge in [-0.05, 0) is 35.9 Å². The molecule has 35 heavy (non-hydrogen) atoms. The van der Waals surface area contributed by atoms with E-state index in [1.807, 2.05) is 97.1 Å². The molecule has 4 aromatic carbocycles. The van der Waals surface area contributed by atoms with Crippen LogP contribution in [0.1, 0.15) is 15.9 Å². The summed E-state index contributed by atoms with van der Waals surface area (Å²) in [6.45, 7) is 0.473. The average molecular weight is 458 g/mol. The van der Waals surface area contributed by atoms with Gasteiger partial charge in [0.2, 0.25) is 0 Å². The lowest BCUT2D eigenvalue weighted by molar-refractivity contribution is 0.0951. The quantitative estimate of drug-likeness (QED) is 0.302. The van der Waals surface area contributed by atoms with Gasteiger partial charge < -0.3 is 10.1 Å². The van der Waals surface area contributed by atoms with Crippen LogP contribution in [-0.2, 0) is 6.54 Å². The predicted octanol–water partition coefficient (Wildman–Crippen LogP) is 6.53. The summed E-state index contributed by atoms with van der Waals surface area (Å²) < 4.78 is 6.01. The SMILES string of the molecule is O=C(NCc1ccccc1)c1ccc(Oc2nc(-c3ccccc3)cc(-c3ccccc3)n2)cc1. The minimum absolute atomic E-state index is 0.144. The van der Waals surface area contributed by atoms with Crippen molar-refractivity contribution in [1.29, 1.82) is 0 Å². The lowest BCUT2D eigenvalue weighted by Crippen LogP contribution is -2.22. The zero-order valence-corrected chi connectivity index (χ0v) is 19.0. The van der Waals surface area contributed by atoms with Crippen molar-refractivity contribution in [3.63, 3.8) is 0 Å². The van der Waals surface area contributed by atoms with Crippen LogP contribution in [0, 0.1) is 0 Å². The summed E-state index contributed by atoms with van der Waals surface area (Å²) in [5, 5.41) is 2.93. The first-order valence-corrected chi connectivity index (χ1v) is 11.3. The summed E-state index contributed by atoms with van der Waals surface area (Å²) in [6, 6.07) is 38.8. The number of amides is 1. The van der Waals surface area contributed by atoms with Crippen LogP contribution < -0.4 is 10.1 Å². The molecule has 0 aliphatic heterocycles. The molecule has 0 bridgehead atoms. The molecule has 0 saturated heterocycles. The lowest BCUT2D eigenvalue weighted by atomic mass is 10.1. The molecule has 1 aromatic heterocycles. The molecule has 0 unspecified atom stereocenters. The van der Waals surface area contributed by atoms with Gasteiger partial charge in [0.05, 0.1) is 11.4 Å². The highest BCUT2D eigenvalue weighted by Crippen LogP contribution is 2.28. The van der Waals surface area contributed by atoms with Crippen LogP contribution >= 0.6 is 0 Å². The van der Waals surface area contributed by atoms with Crippen LogP contribution in [0.5, 0.6) is 11.8 Å². The molecule has 1 amide bonds. The van der Waals surface area contributed by atoms with Crippen molar-refractivity contribution in [3.8, 4) is 34.3 Å². The Labute approximate surface area is 204 Å². The van der Waals surface area contributed by atoms with Crippen LogP contribution in [0.3, 0.4) is 0 Å². The first-order chi connectivity index (χ1) is 17.2. The van der Waals surface area contributed by atoms with Crippen LogP contribution in [0.4, 0.5) is 0 Å². The molecule has 5 heteroatoms. The number of hydrogen-bond acceptors (Lipinski definition) is 4. The molecule has 0 radical (unpaired) electrons. The van der Waals surface area contributed by atoms with E-state index in [0.717, 1.165) is 28.1 Å². The summed E-state index contributed by atoms with van der Waals surface area (Å²) >= 11 is 0. The average Bonchev–Trinajstić information content (AvgIpc) is 2.93. The standard InChI is InChI=1S/C30H23N3O2/c34-29(31-21-22-10-4-1-5-11-22)25-16-18-26(19-17-25)35-30-32-27(23-12-6-2-7-13-23)20-28(33-30)24-14-8-3-9-15-24/h1-20H,21H2,(H,31,34). The normalized spacial score (nSPS) is 10.5. The fourth-order valence-electron chi connectivity index (χ4n) is 3.64. The minimum Gasteiger partial charge on any atom is -0.424 e. The lowest BCUT2D eigenvalue weighted by Gasteiger charge is -2.10. The second kappa shape index (κ2) is 10.4. The molecule has 0 atom stereocenters. The number of carbonyl (C=O) groups excluding carboxylic acids is 1. The van der Waals surface area contributed by atoms with E-state index >= 15 is 0 Å². The first-order valence-electron chi connectivity index (χ1n) is 11.3. The number of ether oxygens (including phenoxy) is 1. The molecule has 0 aliphatic rings. The highest BCUT2D eigenvalue weighted by atomic mass is 16.5. The van der Waals surface area contributed by atoms with Crippen molar-refractivity contribution in [1.82, 2.24) is 15.3 Å². The molecule has 1 heterocycles. The summed E-state index contributed by atoms with van der Waals surface area (Å²) in [5.74, 6) is 0.405. The van der Waals surface area contributed by atoms with Gasteiger partial charge in [-0.3, -0.25) is 4.79 Å². The van der Waals surface area contributed by atoms with E-state index in [9.17, 15) is 4.79 Å². The van der Waals surface area contributed by atoms with E-state index in [1.54, 1.807) is 24.3 Å². The van der Waals surface area contributed by atoms with Crippen molar-refractivity contribution < 1.29 is 9.53 Å². The van der Waals surface area contributed by atoms with Crippen molar-refractivity contribution >= 4 is 5.91 Å². The fraction of sp³-hybridized carbons (Fsp3) is 0.0333. The summed E-state index contributed by atoms with van der Waals surface area (Å²) in [6.07, 6.45) is 0. The molecule has 5 nitrogen and oxygen atoms in total. The van der Waals surface area contributed by atoms with Gasteiger partial charge in [-0.15, -0.1) is 0 Å². The maximum Gasteiger partial charge on any atom is 0.323 e. The first kappa shape index (κ1) is 22.0. The summed E-state index contributed by atoms with van der Waals surface area (Å²) in [4.78, 5) is 21.8. The molecule has 0 fully saturated rings. The molecule has 1 N–H and O–H groups in total. The van der Waals surface area contributed by atoms with Crippen LogP contribution in [0.2, 0.25) is 0 Å². The highest BCUT2D eigenvalue weighted by Gasteiger charge is 2.11. The minimum atomic E-state index is -0.144. The van der Waals surface area contributed by atoms with Crippen LogP contribution in [-0.4, -0.2) is 15.9 Å². The Balaban J connectivity index is 1.36. The largest absolute Gasteiger partial charge is 0.424 e. The van der Waals surface area contributed by atoms with Gasteiger partial charge in [0.25, 0.3) is 5.91 Å². The van der Waals surface area contributed by atoms with Gasteiger partial charge >= 0.3 is 6.01 Å². The number of nitrogens with zero attached hydrogens (tertiary/aromatic N) is 2. The van der Waals surface area contributed by atoms with Gasteiger partial charge in [0.1, 0.15) is 5.75 Å². The Bertz CT molecular complexity index is 1350. The number of aromatic nitrogens is 2. The van der Waals surface area contributed by atoms with E-state index < -0.39 is 0 Å². The third-order valence-electron chi connectivity index (χ3n) is 5.47. The number of hydrogen-bond donors (Lipinski definition) is 1. The van der Waals surface area contributed by atoms with E-state index in [2.05, 4.69) is 15.3 Å². The molecule has 0 saturated carbocycles. The number of benzene rings is 4. The molecule has 0 spiro atoms. The maximum atomic E-state index is 12.5. The third kappa shape index (κ3) is 5.60. The second-order valence-corrected chi connectivity index (χ2v) is 7.95. The number of nitrogens with one attached hydrogen (secondary N) is 1. The Kier molecular flexibility index (Phi) is 6.58. The zero-order valence-electron chi connectivity index (χ0n) is 19.0. The van der Waals surface area contributed by atoms with Gasteiger partial charge in [-0.2, -0.15) is 9.97 Å². The van der Waals surface area contributed by atoms with E-state index in [-0.39, 0.29) is 11.9 Å². The van der Waals surface area contributed by atoms with Crippen LogP contribution in [0.25, 0.3) is 22.5 Å². The van der Waals surface area contributed by atoms with Crippen molar-refractivity contribution in [2.45, 2.75) is 6.54 Å². The second-order valence-electron chi connectivity index (χ2n) is 7.95. The van der Waals surface area contributed by atoms with Crippen molar-refractivity contribution in [2.24, 2.45) is 0 Å². The zero-order chi connectivity index (χ0) is 23.9. The Hall–Kier alpha value is -4.77. The highest BCUT2D eigenvalue weighted by molar-refractivity contribution is 5.94. The van der Waals surface area contributed by atoms with E-state index in [1.165, 1.54) is 0 Å². The molecule has 5 aromatic rings. The molecule has 5 rings (SSSR count). The maximum absolute atomic E-state index is 12.5. The number of rotatable bonds is 7. The topological polar surface area (TPSA) is 64.1 Å². The Morgan fingerprint density at radius 1 is 0.657 bits per heavy atom. The molecular weight excluding hydrogens is 434 g/mol. The molecule has 0 aliphatic carbocycles. The van der Waals surface area contributed by atoms with Gasteiger partial charge in [-0.1, -0.05) is 91.0 Å². The summed E-state index contributed by atoms with van der Waals surface area (Å²) in [5.41, 5.74) is 5.09. The Morgan fingerprint density at radius 2 is 1.17 bits per heavy atom. The summed E-state index contributed by atoms with van der Waals surface area (Å²) in [7, 11) is 0. The monoisotopic (exact) mass is 457 g/mol. The van der Waals surface area contributed by atoms with Gasteiger partial charge in [0, 0.05) is 23.2 Å². The van der Waals surface area contributed by atoms with Crippen LogP contribution in [0.15, 0.2) is 121 Å². The molecule has 170 valence electrons.